The summed E-state index contributed by atoms with van der Waals surface area (Å²) in [5.41, 5.74) is 0. The molecule has 2 N–H and O–H groups in total. The summed E-state index contributed by atoms with van der Waals surface area (Å²) in [4.78, 5) is 0. The van der Waals surface area contributed by atoms with Crippen LogP contribution >= 0.6 is 0 Å². The zero-order valence-corrected chi connectivity index (χ0v) is 13.6. The van der Waals surface area contributed by atoms with Gasteiger partial charge in [0.2, 0.25) is 0 Å². The largest absolute Gasteiger partial charge is 0.319 e. The van der Waals surface area contributed by atoms with Crippen molar-refractivity contribution in [2.75, 3.05) is 26.7 Å². The van der Waals surface area contributed by atoms with Crippen molar-refractivity contribution in [3.8, 4) is 0 Å². The van der Waals surface area contributed by atoms with Crippen molar-refractivity contribution < 1.29 is 8.42 Å². The van der Waals surface area contributed by atoms with E-state index in [1.54, 1.807) is 4.31 Å². The molecule has 4 atom stereocenters. The molecule has 6 heteroatoms. The lowest BCUT2D eigenvalue weighted by Crippen LogP contribution is -2.47. The van der Waals surface area contributed by atoms with E-state index in [0.29, 0.717) is 30.8 Å². The predicted molar refractivity (Wildman–Crippen MR) is 81.9 cm³/mol. The lowest BCUT2D eigenvalue weighted by atomic mass is 9.98. The smallest absolute Gasteiger partial charge is 0.279 e. The first-order valence-electron chi connectivity index (χ1n) is 8.52. The fourth-order valence-electron chi connectivity index (χ4n) is 5.37. The van der Waals surface area contributed by atoms with Crippen LogP contribution in [-0.2, 0) is 10.2 Å². The fraction of sp³-hybridized carbons (Fsp3) is 1.00. The molecule has 4 fully saturated rings. The Morgan fingerprint density at radius 3 is 2.24 bits per heavy atom. The van der Waals surface area contributed by atoms with Gasteiger partial charge in [-0.1, -0.05) is 0 Å². The van der Waals surface area contributed by atoms with Gasteiger partial charge in [-0.05, 0) is 75.3 Å². The number of fused-ring (bicyclic) bond motifs is 5. The van der Waals surface area contributed by atoms with Crippen molar-refractivity contribution in [3.05, 3.63) is 0 Å². The molecule has 0 amide bonds. The minimum atomic E-state index is -3.26. The van der Waals surface area contributed by atoms with E-state index < -0.39 is 10.2 Å². The molecule has 120 valence electrons. The third-order valence-electron chi connectivity index (χ3n) is 6.43. The molecular formula is C15H27N3O2S. The number of piperidine rings is 1. The van der Waals surface area contributed by atoms with Crippen molar-refractivity contribution in [1.29, 1.82) is 0 Å². The highest BCUT2D eigenvalue weighted by Gasteiger charge is 2.66. The maximum Gasteiger partial charge on any atom is 0.279 e. The Kier molecular flexibility index (Phi) is 3.56. The van der Waals surface area contributed by atoms with Crippen LogP contribution in [0.5, 0.6) is 0 Å². The van der Waals surface area contributed by atoms with Crippen LogP contribution in [0.3, 0.4) is 0 Å². The summed E-state index contributed by atoms with van der Waals surface area (Å²) >= 11 is 0. The fourth-order valence-corrected chi connectivity index (χ4v) is 6.87. The molecule has 3 aliphatic carbocycles. The van der Waals surface area contributed by atoms with E-state index in [9.17, 15) is 8.42 Å². The van der Waals surface area contributed by atoms with Gasteiger partial charge in [0.05, 0.1) is 0 Å². The van der Waals surface area contributed by atoms with Gasteiger partial charge in [-0.15, -0.1) is 0 Å². The summed E-state index contributed by atoms with van der Waals surface area (Å²) in [6, 6.07) is 0.260. The van der Waals surface area contributed by atoms with E-state index >= 15 is 0 Å². The van der Waals surface area contributed by atoms with Gasteiger partial charge >= 0.3 is 0 Å². The molecule has 0 spiro atoms. The predicted octanol–water partition coefficient (Wildman–Crippen LogP) is 0.797. The molecule has 4 unspecified atom stereocenters. The first-order chi connectivity index (χ1) is 10.1. The average Bonchev–Trinajstić information content (AvgIpc) is 2.85. The average molecular weight is 313 g/mol. The van der Waals surface area contributed by atoms with Gasteiger partial charge in [0.1, 0.15) is 0 Å². The van der Waals surface area contributed by atoms with Crippen LogP contribution in [0.1, 0.15) is 32.1 Å². The quantitative estimate of drug-likeness (QED) is 0.789. The molecule has 4 rings (SSSR count). The van der Waals surface area contributed by atoms with E-state index in [-0.39, 0.29) is 6.04 Å². The molecular weight excluding hydrogens is 286 g/mol. The second-order valence-electron chi connectivity index (χ2n) is 7.54. The van der Waals surface area contributed by atoms with Crippen molar-refractivity contribution >= 4 is 10.2 Å². The number of nitrogens with zero attached hydrogens (tertiary/aromatic N) is 1. The van der Waals surface area contributed by atoms with Crippen molar-refractivity contribution in [2.24, 2.45) is 29.6 Å². The Bertz CT molecular complexity index is 485. The molecule has 21 heavy (non-hydrogen) atoms. The van der Waals surface area contributed by atoms with Crippen LogP contribution in [0.2, 0.25) is 0 Å². The number of hydrogen-bond acceptors (Lipinski definition) is 3. The Hall–Kier alpha value is -0.170. The summed E-state index contributed by atoms with van der Waals surface area (Å²) < 4.78 is 29.8. The summed E-state index contributed by atoms with van der Waals surface area (Å²) in [5.74, 6) is 3.58. The van der Waals surface area contributed by atoms with Crippen molar-refractivity contribution in [3.63, 3.8) is 0 Å². The Morgan fingerprint density at radius 2 is 1.67 bits per heavy atom. The van der Waals surface area contributed by atoms with Gasteiger partial charge in [-0.2, -0.15) is 17.4 Å². The first-order valence-corrected chi connectivity index (χ1v) is 9.96. The van der Waals surface area contributed by atoms with Gasteiger partial charge in [0.15, 0.2) is 0 Å². The van der Waals surface area contributed by atoms with Gasteiger partial charge < -0.3 is 5.32 Å². The van der Waals surface area contributed by atoms with Crippen LogP contribution in [-0.4, -0.2) is 45.4 Å². The Morgan fingerprint density at radius 1 is 1.05 bits per heavy atom. The lowest BCUT2D eigenvalue weighted by Gasteiger charge is -2.31. The molecule has 0 aromatic carbocycles. The van der Waals surface area contributed by atoms with Gasteiger partial charge in [0.25, 0.3) is 10.2 Å². The molecule has 5 nitrogen and oxygen atoms in total. The molecule has 3 saturated carbocycles. The molecule has 2 bridgehead atoms. The second kappa shape index (κ2) is 5.18. The molecule has 0 aromatic rings. The Labute approximate surface area is 128 Å². The van der Waals surface area contributed by atoms with Crippen LogP contribution in [0.4, 0.5) is 0 Å². The van der Waals surface area contributed by atoms with Gasteiger partial charge in [0, 0.05) is 19.1 Å². The van der Waals surface area contributed by atoms with Crippen LogP contribution in [0, 0.1) is 29.6 Å². The summed E-state index contributed by atoms with van der Waals surface area (Å²) in [6.07, 6.45) is 5.98. The van der Waals surface area contributed by atoms with Gasteiger partial charge in [-0.3, -0.25) is 0 Å². The van der Waals surface area contributed by atoms with Gasteiger partial charge in [-0.25, -0.2) is 0 Å². The first kappa shape index (κ1) is 14.4. The highest BCUT2D eigenvalue weighted by Crippen LogP contribution is 2.65. The second-order valence-corrected chi connectivity index (χ2v) is 9.24. The zero-order chi connectivity index (χ0) is 14.6. The highest BCUT2D eigenvalue weighted by atomic mass is 32.2. The maximum absolute atomic E-state index is 12.6. The van der Waals surface area contributed by atoms with Crippen LogP contribution in [0.15, 0.2) is 0 Å². The third-order valence-corrected chi connectivity index (χ3v) is 8.04. The van der Waals surface area contributed by atoms with E-state index in [1.165, 1.54) is 19.3 Å². The number of nitrogens with one attached hydrogen (secondary N) is 2. The van der Waals surface area contributed by atoms with Crippen LogP contribution in [0.25, 0.3) is 0 Å². The SMILES string of the molecule is CNCC1CCN(S(=O)(=O)NC2C3C4CCC(C4)C23)CC1. The van der Waals surface area contributed by atoms with E-state index in [2.05, 4.69) is 10.0 Å². The monoisotopic (exact) mass is 313 g/mol. The molecule has 0 radical (unpaired) electrons. The standard InChI is InChI=1S/C15H27N3O2S/c1-16-9-10-4-6-18(7-5-10)21(19,20)17-15-13-11-2-3-12(8-11)14(13)15/h10-17H,2-9H2,1H3. The topological polar surface area (TPSA) is 61.4 Å². The van der Waals surface area contributed by atoms with E-state index in [0.717, 1.165) is 31.2 Å². The molecule has 1 heterocycles. The van der Waals surface area contributed by atoms with E-state index in [4.69, 9.17) is 0 Å². The molecule has 1 aliphatic heterocycles. The number of hydrogen-bond donors (Lipinski definition) is 2. The van der Waals surface area contributed by atoms with Crippen molar-refractivity contribution in [2.45, 2.75) is 38.1 Å². The van der Waals surface area contributed by atoms with Crippen molar-refractivity contribution in [1.82, 2.24) is 14.3 Å². The minimum absolute atomic E-state index is 0.260. The van der Waals surface area contributed by atoms with E-state index in [1.807, 2.05) is 7.05 Å². The zero-order valence-electron chi connectivity index (χ0n) is 12.8. The van der Waals surface area contributed by atoms with Crippen LogP contribution < -0.4 is 10.0 Å². The summed E-state index contributed by atoms with van der Waals surface area (Å²) in [7, 11) is -1.29. The molecule has 1 saturated heterocycles. The third kappa shape index (κ3) is 2.44. The molecule has 0 aromatic heterocycles. The summed E-state index contributed by atoms with van der Waals surface area (Å²) in [5, 5.41) is 3.19. The lowest BCUT2D eigenvalue weighted by molar-refractivity contribution is 0.267. The number of rotatable bonds is 5. The highest BCUT2D eigenvalue weighted by molar-refractivity contribution is 7.87. The minimum Gasteiger partial charge on any atom is -0.319 e. The summed E-state index contributed by atoms with van der Waals surface area (Å²) in [6.45, 7) is 2.35. The molecule has 4 aliphatic rings. The maximum atomic E-state index is 12.6. The Balaban J connectivity index is 1.33. The normalized spacial score (nSPS) is 43.2.